The van der Waals surface area contributed by atoms with Gasteiger partial charge in [0.05, 0.1) is 11.8 Å². The van der Waals surface area contributed by atoms with Crippen molar-refractivity contribution in [2.24, 2.45) is 28.9 Å². The maximum atomic E-state index is 12.4. The highest BCUT2D eigenvalue weighted by atomic mass is 16.4. The number of piperidine rings is 1. The zero-order valence-corrected chi connectivity index (χ0v) is 12.0. The molecule has 2 rings (SSSR count). The topological polar surface area (TPSA) is 101 Å². The first-order valence-corrected chi connectivity index (χ1v) is 7.05. The summed E-state index contributed by atoms with van der Waals surface area (Å²) in [5.41, 5.74) is 4.73. The number of nitrogens with two attached hydrogens (primary N) is 1. The van der Waals surface area contributed by atoms with Crippen LogP contribution in [0, 0.1) is 23.2 Å². The smallest absolute Gasteiger partial charge is 0.307 e. The van der Waals surface area contributed by atoms with Crippen LogP contribution < -0.4 is 5.73 Å². The van der Waals surface area contributed by atoms with Crippen molar-refractivity contribution in [1.82, 2.24) is 4.90 Å². The Labute approximate surface area is 118 Å². The van der Waals surface area contributed by atoms with E-state index in [2.05, 4.69) is 0 Å². The highest BCUT2D eigenvalue weighted by Crippen LogP contribution is 2.59. The third-order valence-electron chi connectivity index (χ3n) is 4.78. The first-order chi connectivity index (χ1) is 9.25. The van der Waals surface area contributed by atoms with E-state index >= 15 is 0 Å². The van der Waals surface area contributed by atoms with E-state index in [1.807, 2.05) is 13.8 Å². The third-order valence-corrected chi connectivity index (χ3v) is 4.78. The minimum atomic E-state index is -0.892. The lowest BCUT2D eigenvalue weighted by molar-refractivity contribution is -0.142. The van der Waals surface area contributed by atoms with Crippen molar-refractivity contribution >= 4 is 17.8 Å². The first kappa shape index (κ1) is 14.8. The fourth-order valence-corrected chi connectivity index (χ4v) is 3.40. The van der Waals surface area contributed by atoms with E-state index in [0.29, 0.717) is 19.5 Å². The normalized spacial score (nSPS) is 29.0. The van der Waals surface area contributed by atoms with Crippen LogP contribution in [-0.4, -0.2) is 40.9 Å². The number of hydrogen-bond acceptors (Lipinski definition) is 3. The Balaban J connectivity index is 1.90. The predicted octanol–water partition coefficient (Wildman–Crippen LogP) is 0.457. The van der Waals surface area contributed by atoms with Gasteiger partial charge in [-0.25, -0.2) is 0 Å². The molecule has 0 spiro atoms. The number of aliphatic carboxylic acids is 1. The summed E-state index contributed by atoms with van der Waals surface area (Å²) >= 11 is 0. The summed E-state index contributed by atoms with van der Waals surface area (Å²) in [7, 11) is 0. The third kappa shape index (κ3) is 2.64. The fraction of sp³-hybridized carbons (Fsp3) is 0.786. The van der Waals surface area contributed by atoms with Gasteiger partial charge >= 0.3 is 5.97 Å². The van der Waals surface area contributed by atoms with Crippen LogP contribution in [0.2, 0.25) is 0 Å². The number of primary amides is 1. The molecule has 1 saturated heterocycles. The van der Waals surface area contributed by atoms with Crippen LogP contribution in [0.4, 0.5) is 0 Å². The highest BCUT2D eigenvalue weighted by molar-refractivity contribution is 5.91. The van der Waals surface area contributed by atoms with Crippen molar-refractivity contribution in [2.45, 2.75) is 33.1 Å². The van der Waals surface area contributed by atoms with E-state index in [-0.39, 0.29) is 17.7 Å². The molecule has 1 heterocycles. The summed E-state index contributed by atoms with van der Waals surface area (Å²) in [6.07, 6.45) is 1.90. The molecule has 1 aliphatic heterocycles. The number of amides is 2. The highest BCUT2D eigenvalue weighted by Gasteiger charge is 2.66. The summed E-state index contributed by atoms with van der Waals surface area (Å²) < 4.78 is 0. The molecular weight excluding hydrogens is 260 g/mol. The molecule has 0 unspecified atom stereocenters. The molecule has 1 saturated carbocycles. The zero-order chi connectivity index (χ0) is 15.1. The molecule has 2 atom stereocenters. The number of likely N-dealkylation sites (tertiary alicyclic amines) is 1. The van der Waals surface area contributed by atoms with Crippen molar-refractivity contribution in [3.63, 3.8) is 0 Å². The number of carboxylic acids is 1. The molecular formula is C14H22N2O4. The predicted molar refractivity (Wildman–Crippen MR) is 71.5 cm³/mol. The summed E-state index contributed by atoms with van der Waals surface area (Å²) in [6.45, 7) is 4.84. The van der Waals surface area contributed by atoms with Gasteiger partial charge in [0.25, 0.3) is 0 Å². The molecule has 2 aliphatic rings. The van der Waals surface area contributed by atoms with Gasteiger partial charge in [-0.05, 0) is 24.2 Å². The molecule has 0 aromatic heterocycles. The van der Waals surface area contributed by atoms with E-state index in [0.717, 1.165) is 12.8 Å². The fourth-order valence-electron chi connectivity index (χ4n) is 3.40. The van der Waals surface area contributed by atoms with Gasteiger partial charge in [0.1, 0.15) is 0 Å². The zero-order valence-electron chi connectivity index (χ0n) is 12.0. The van der Waals surface area contributed by atoms with Crippen molar-refractivity contribution in [3.8, 4) is 0 Å². The molecule has 2 fully saturated rings. The SMILES string of the molecule is CC1(C)[C@H](C(=O)O)[C@@H]1C(=O)N1CCC(CC(N)=O)CC1. The van der Waals surface area contributed by atoms with Gasteiger partial charge in [-0.1, -0.05) is 13.8 Å². The minimum absolute atomic E-state index is 0.0556. The quantitative estimate of drug-likeness (QED) is 0.782. The Morgan fingerprint density at radius 3 is 2.15 bits per heavy atom. The second-order valence-electron chi connectivity index (χ2n) is 6.55. The standard InChI is InChI=1S/C14H22N2O4/c1-14(2)10(11(14)13(19)20)12(18)16-5-3-8(4-6-16)7-9(15)17/h8,10-11H,3-7H2,1-2H3,(H2,15,17)(H,19,20)/t10-,11+/m1/s1. The Morgan fingerprint density at radius 1 is 1.20 bits per heavy atom. The summed E-state index contributed by atoms with van der Waals surface area (Å²) in [6, 6.07) is 0. The summed E-state index contributed by atoms with van der Waals surface area (Å²) in [5, 5.41) is 9.13. The second-order valence-corrected chi connectivity index (χ2v) is 6.55. The lowest BCUT2D eigenvalue weighted by atomic mass is 9.93. The van der Waals surface area contributed by atoms with Crippen LogP contribution in [0.25, 0.3) is 0 Å². The number of carbonyl (C=O) groups is 3. The largest absolute Gasteiger partial charge is 0.481 e. The first-order valence-electron chi connectivity index (χ1n) is 7.05. The maximum absolute atomic E-state index is 12.4. The summed E-state index contributed by atoms with van der Waals surface area (Å²) in [5.74, 6) is -1.98. The van der Waals surface area contributed by atoms with Crippen LogP contribution in [0.15, 0.2) is 0 Å². The van der Waals surface area contributed by atoms with Crippen molar-refractivity contribution in [3.05, 3.63) is 0 Å². The van der Waals surface area contributed by atoms with Crippen molar-refractivity contribution in [1.29, 1.82) is 0 Å². The molecule has 6 nitrogen and oxygen atoms in total. The molecule has 0 bridgehead atoms. The van der Waals surface area contributed by atoms with Crippen molar-refractivity contribution < 1.29 is 19.5 Å². The maximum Gasteiger partial charge on any atom is 0.307 e. The molecule has 0 radical (unpaired) electrons. The average Bonchev–Trinajstić information content (AvgIpc) is 2.92. The monoisotopic (exact) mass is 282 g/mol. The number of carboxylic acid groups (broad SMARTS) is 1. The Kier molecular flexibility index (Phi) is 3.75. The van der Waals surface area contributed by atoms with Gasteiger partial charge in [0.15, 0.2) is 0 Å². The second kappa shape index (κ2) is 5.07. The van der Waals surface area contributed by atoms with Crippen LogP contribution in [-0.2, 0) is 14.4 Å². The lowest BCUT2D eigenvalue weighted by Gasteiger charge is -2.32. The van der Waals surface area contributed by atoms with Gasteiger partial charge in [-0.3, -0.25) is 14.4 Å². The molecule has 112 valence electrons. The molecule has 1 aliphatic carbocycles. The van der Waals surface area contributed by atoms with E-state index < -0.39 is 23.2 Å². The lowest BCUT2D eigenvalue weighted by Crippen LogP contribution is -2.41. The van der Waals surface area contributed by atoms with E-state index in [9.17, 15) is 14.4 Å². The van der Waals surface area contributed by atoms with Gasteiger partial charge in [0, 0.05) is 19.5 Å². The van der Waals surface area contributed by atoms with Crippen molar-refractivity contribution in [2.75, 3.05) is 13.1 Å². The molecule has 6 heteroatoms. The minimum Gasteiger partial charge on any atom is -0.481 e. The number of hydrogen-bond donors (Lipinski definition) is 2. The molecule has 20 heavy (non-hydrogen) atoms. The summed E-state index contributed by atoms with van der Waals surface area (Å²) in [4.78, 5) is 36.1. The van der Waals surface area contributed by atoms with Crippen LogP contribution in [0.3, 0.4) is 0 Å². The molecule has 0 aromatic rings. The molecule has 0 aromatic carbocycles. The van der Waals surface area contributed by atoms with Crippen LogP contribution >= 0.6 is 0 Å². The molecule has 2 amide bonds. The van der Waals surface area contributed by atoms with Crippen LogP contribution in [0.5, 0.6) is 0 Å². The Morgan fingerprint density at radius 2 is 1.75 bits per heavy atom. The Bertz CT molecular complexity index is 438. The van der Waals surface area contributed by atoms with E-state index in [1.165, 1.54) is 0 Å². The number of rotatable bonds is 4. The van der Waals surface area contributed by atoms with Gasteiger partial charge in [-0.15, -0.1) is 0 Å². The van der Waals surface area contributed by atoms with E-state index in [1.54, 1.807) is 4.90 Å². The average molecular weight is 282 g/mol. The number of nitrogens with zero attached hydrogens (tertiary/aromatic N) is 1. The van der Waals surface area contributed by atoms with E-state index in [4.69, 9.17) is 10.8 Å². The van der Waals surface area contributed by atoms with Crippen LogP contribution in [0.1, 0.15) is 33.1 Å². The van der Waals surface area contributed by atoms with Gasteiger partial charge < -0.3 is 15.7 Å². The number of carbonyl (C=O) groups excluding carboxylic acids is 2. The van der Waals surface area contributed by atoms with Gasteiger partial charge in [0.2, 0.25) is 11.8 Å². The Hall–Kier alpha value is -1.59. The molecule has 3 N–H and O–H groups in total. The van der Waals surface area contributed by atoms with Gasteiger partial charge in [-0.2, -0.15) is 0 Å².